The highest BCUT2D eigenvalue weighted by Crippen LogP contribution is 2.20. The molecule has 2 rings (SSSR count). The molecule has 1 fully saturated rings. The van der Waals surface area contributed by atoms with Crippen molar-refractivity contribution in [2.45, 2.75) is 13.8 Å². The van der Waals surface area contributed by atoms with Gasteiger partial charge in [0.15, 0.2) is 0 Å². The molecule has 1 aromatic heterocycles. The lowest BCUT2D eigenvalue weighted by molar-refractivity contribution is 0.0497. The average molecular weight is 266 g/mol. The number of hydrogen-bond acceptors (Lipinski definition) is 5. The summed E-state index contributed by atoms with van der Waals surface area (Å²) in [6.07, 6.45) is 0. The summed E-state index contributed by atoms with van der Waals surface area (Å²) in [6, 6.07) is 1.97. The van der Waals surface area contributed by atoms with Gasteiger partial charge in [-0.15, -0.1) is 0 Å². The molecular formula is C12H18N4OS. The van der Waals surface area contributed by atoms with Gasteiger partial charge in [-0.3, -0.25) is 4.98 Å². The maximum absolute atomic E-state index is 5.78. The standard InChI is InChI=1S/C12H18N4OS/c1-8-7-10(11(12(13)18)9(2)14-8)15-16-3-5-17-6-4-16/h7H,3-6H2,1-2H3,(H2,13,18)(H,14,15). The molecule has 1 saturated heterocycles. The smallest absolute Gasteiger partial charge is 0.107 e. The van der Waals surface area contributed by atoms with Crippen LogP contribution in [0, 0.1) is 13.8 Å². The lowest BCUT2D eigenvalue weighted by Gasteiger charge is -2.29. The van der Waals surface area contributed by atoms with Crippen LogP contribution in [-0.2, 0) is 4.74 Å². The first-order valence-corrected chi connectivity index (χ1v) is 6.36. The van der Waals surface area contributed by atoms with Gasteiger partial charge >= 0.3 is 0 Å². The number of nitrogens with zero attached hydrogens (tertiary/aromatic N) is 2. The summed E-state index contributed by atoms with van der Waals surface area (Å²) >= 11 is 5.10. The zero-order valence-corrected chi connectivity index (χ0v) is 11.5. The molecule has 2 heterocycles. The second-order valence-electron chi connectivity index (χ2n) is 4.35. The Balaban J connectivity index is 2.27. The minimum absolute atomic E-state index is 0.371. The molecular weight excluding hydrogens is 248 g/mol. The van der Waals surface area contributed by atoms with E-state index < -0.39 is 0 Å². The van der Waals surface area contributed by atoms with E-state index in [0.717, 1.165) is 48.9 Å². The second kappa shape index (κ2) is 5.60. The number of hydrazine groups is 1. The van der Waals surface area contributed by atoms with Crippen molar-refractivity contribution in [2.24, 2.45) is 5.73 Å². The van der Waals surface area contributed by atoms with Crippen LogP contribution in [0.2, 0.25) is 0 Å². The third-order valence-corrected chi connectivity index (χ3v) is 3.07. The molecule has 0 spiro atoms. The Morgan fingerprint density at radius 2 is 2.11 bits per heavy atom. The van der Waals surface area contributed by atoms with Gasteiger partial charge in [0.05, 0.1) is 24.5 Å². The first-order valence-electron chi connectivity index (χ1n) is 5.95. The number of ether oxygens (including phenoxy) is 1. The molecule has 0 radical (unpaired) electrons. The minimum Gasteiger partial charge on any atom is -0.389 e. The SMILES string of the molecule is Cc1cc(NN2CCOCC2)c(C(N)=S)c(C)n1. The molecule has 0 saturated carbocycles. The van der Waals surface area contributed by atoms with E-state index in [1.165, 1.54) is 0 Å². The lowest BCUT2D eigenvalue weighted by atomic mass is 10.1. The Kier molecular flexibility index (Phi) is 4.11. The molecule has 18 heavy (non-hydrogen) atoms. The molecule has 1 aliphatic heterocycles. The summed E-state index contributed by atoms with van der Waals surface area (Å²) in [5.74, 6) is 0. The van der Waals surface area contributed by atoms with E-state index in [9.17, 15) is 0 Å². The van der Waals surface area contributed by atoms with Gasteiger partial charge in [0.2, 0.25) is 0 Å². The molecule has 0 aromatic carbocycles. The van der Waals surface area contributed by atoms with Crippen LogP contribution >= 0.6 is 12.2 Å². The van der Waals surface area contributed by atoms with Crippen molar-refractivity contribution in [3.05, 3.63) is 23.0 Å². The maximum atomic E-state index is 5.78. The largest absolute Gasteiger partial charge is 0.389 e. The van der Waals surface area contributed by atoms with Crippen LogP contribution in [0.4, 0.5) is 5.69 Å². The van der Waals surface area contributed by atoms with Crippen LogP contribution in [0.25, 0.3) is 0 Å². The molecule has 0 amide bonds. The molecule has 0 unspecified atom stereocenters. The van der Waals surface area contributed by atoms with Crippen LogP contribution in [-0.4, -0.2) is 41.3 Å². The van der Waals surface area contributed by atoms with Crippen molar-refractivity contribution in [2.75, 3.05) is 31.7 Å². The normalized spacial score (nSPS) is 16.6. The van der Waals surface area contributed by atoms with Crippen molar-refractivity contribution in [3.63, 3.8) is 0 Å². The summed E-state index contributed by atoms with van der Waals surface area (Å²) < 4.78 is 5.32. The Hall–Kier alpha value is -1.24. The first-order chi connectivity index (χ1) is 8.58. The molecule has 1 aromatic rings. The van der Waals surface area contributed by atoms with Gasteiger partial charge in [-0.25, -0.2) is 5.01 Å². The Morgan fingerprint density at radius 1 is 1.44 bits per heavy atom. The van der Waals surface area contributed by atoms with Crippen LogP contribution in [0.3, 0.4) is 0 Å². The van der Waals surface area contributed by atoms with E-state index in [-0.39, 0.29) is 0 Å². The number of pyridine rings is 1. The Labute approximate surface area is 112 Å². The number of thiocarbonyl (C=S) groups is 1. The molecule has 0 atom stereocenters. The summed E-state index contributed by atoms with van der Waals surface area (Å²) in [5, 5.41) is 2.11. The van der Waals surface area contributed by atoms with Crippen LogP contribution in [0.1, 0.15) is 17.0 Å². The van der Waals surface area contributed by atoms with Gasteiger partial charge in [0.1, 0.15) is 4.99 Å². The second-order valence-corrected chi connectivity index (χ2v) is 4.79. The molecule has 5 nitrogen and oxygen atoms in total. The summed E-state index contributed by atoms with van der Waals surface area (Å²) in [7, 11) is 0. The molecule has 98 valence electrons. The average Bonchev–Trinajstić information content (AvgIpc) is 2.28. The zero-order chi connectivity index (χ0) is 13.1. The van der Waals surface area contributed by atoms with Crippen LogP contribution in [0.5, 0.6) is 0 Å². The number of rotatable bonds is 3. The lowest BCUT2D eigenvalue weighted by Crippen LogP contribution is -2.40. The maximum Gasteiger partial charge on any atom is 0.107 e. The Morgan fingerprint density at radius 3 is 2.72 bits per heavy atom. The number of morpholine rings is 1. The highest BCUT2D eigenvalue weighted by atomic mass is 32.1. The predicted molar refractivity (Wildman–Crippen MR) is 75.6 cm³/mol. The van der Waals surface area contributed by atoms with E-state index in [1.807, 2.05) is 19.9 Å². The topological polar surface area (TPSA) is 63.4 Å². The molecule has 3 N–H and O–H groups in total. The first kappa shape index (κ1) is 13.2. The Bertz CT molecular complexity index is 458. The van der Waals surface area contributed by atoms with Crippen molar-refractivity contribution in [3.8, 4) is 0 Å². The minimum atomic E-state index is 0.371. The van der Waals surface area contributed by atoms with Gasteiger partial charge in [0, 0.05) is 24.5 Å². The van der Waals surface area contributed by atoms with Crippen LogP contribution in [0.15, 0.2) is 6.07 Å². The predicted octanol–water partition coefficient (Wildman–Crippen LogP) is 0.992. The summed E-state index contributed by atoms with van der Waals surface area (Å²) in [6.45, 7) is 7.04. The summed E-state index contributed by atoms with van der Waals surface area (Å²) in [4.78, 5) is 4.77. The number of nitrogens with two attached hydrogens (primary N) is 1. The molecule has 6 heteroatoms. The van der Waals surface area contributed by atoms with E-state index >= 15 is 0 Å². The van der Waals surface area contributed by atoms with Gasteiger partial charge < -0.3 is 15.9 Å². The third-order valence-electron chi connectivity index (χ3n) is 2.86. The number of anilines is 1. The fraction of sp³-hybridized carbons (Fsp3) is 0.500. The molecule has 1 aliphatic rings. The summed E-state index contributed by atoms with van der Waals surface area (Å²) in [5.41, 5.74) is 12.7. The number of nitrogens with one attached hydrogen (secondary N) is 1. The highest BCUT2D eigenvalue weighted by Gasteiger charge is 2.15. The van der Waals surface area contributed by atoms with E-state index in [0.29, 0.717) is 4.99 Å². The molecule has 0 bridgehead atoms. The van der Waals surface area contributed by atoms with Gasteiger partial charge in [0.25, 0.3) is 0 Å². The van der Waals surface area contributed by atoms with Crippen molar-refractivity contribution < 1.29 is 4.74 Å². The van der Waals surface area contributed by atoms with Gasteiger partial charge in [-0.2, -0.15) is 0 Å². The quantitative estimate of drug-likeness (QED) is 0.796. The number of aryl methyl sites for hydroxylation is 2. The van der Waals surface area contributed by atoms with Gasteiger partial charge in [-0.1, -0.05) is 12.2 Å². The van der Waals surface area contributed by atoms with Crippen molar-refractivity contribution in [1.82, 2.24) is 9.99 Å². The zero-order valence-electron chi connectivity index (χ0n) is 10.7. The van der Waals surface area contributed by atoms with Crippen molar-refractivity contribution in [1.29, 1.82) is 0 Å². The van der Waals surface area contributed by atoms with Crippen LogP contribution < -0.4 is 11.2 Å². The number of hydrogen-bond donors (Lipinski definition) is 2. The fourth-order valence-electron chi connectivity index (χ4n) is 2.07. The number of aromatic nitrogens is 1. The third kappa shape index (κ3) is 2.95. The van der Waals surface area contributed by atoms with E-state index in [2.05, 4.69) is 15.4 Å². The van der Waals surface area contributed by atoms with E-state index in [4.69, 9.17) is 22.7 Å². The van der Waals surface area contributed by atoms with E-state index in [1.54, 1.807) is 0 Å². The molecule has 0 aliphatic carbocycles. The fourth-order valence-corrected chi connectivity index (χ4v) is 2.33. The van der Waals surface area contributed by atoms with Crippen molar-refractivity contribution >= 4 is 22.9 Å². The monoisotopic (exact) mass is 266 g/mol. The van der Waals surface area contributed by atoms with Gasteiger partial charge in [-0.05, 0) is 19.9 Å². The highest BCUT2D eigenvalue weighted by molar-refractivity contribution is 7.80.